The first kappa shape index (κ1) is 20.5. The van der Waals surface area contributed by atoms with Crippen LogP contribution in [0.4, 0.5) is 0 Å². The highest BCUT2D eigenvalue weighted by molar-refractivity contribution is 5.81. The number of hydrogen-bond acceptors (Lipinski definition) is 6. The third-order valence-electron chi connectivity index (χ3n) is 3.02. The highest BCUT2D eigenvalue weighted by Crippen LogP contribution is 2.01. The van der Waals surface area contributed by atoms with Gasteiger partial charge in [-0.15, -0.1) is 0 Å². The van der Waals surface area contributed by atoms with Crippen molar-refractivity contribution < 1.29 is 23.7 Å². The van der Waals surface area contributed by atoms with Gasteiger partial charge in [-0.1, -0.05) is 13.8 Å². The standard InChI is InChI=1S/C15H31NO5/c1-4-14(2)15(17)13-21-12-11-20-10-9-19-8-7-18-6-5-16-3/h14,16H,4-13H2,1-3H3. The number of carbonyl (C=O) groups excluding carboxylic acids is 1. The molecule has 0 bridgehead atoms. The maximum absolute atomic E-state index is 11.5. The Balaban J connectivity index is 3.11. The molecule has 0 fully saturated rings. The predicted molar refractivity (Wildman–Crippen MR) is 81.7 cm³/mol. The lowest BCUT2D eigenvalue weighted by molar-refractivity contribution is -0.127. The van der Waals surface area contributed by atoms with Gasteiger partial charge in [0.05, 0.1) is 46.2 Å². The van der Waals surface area contributed by atoms with Gasteiger partial charge in [-0.2, -0.15) is 0 Å². The number of Topliss-reactive ketones (excluding diaryl/α,β-unsaturated/α-hetero) is 1. The molecule has 0 rings (SSSR count). The van der Waals surface area contributed by atoms with E-state index in [0.29, 0.717) is 46.2 Å². The average molecular weight is 305 g/mol. The van der Waals surface area contributed by atoms with Gasteiger partial charge in [-0.05, 0) is 13.5 Å². The molecule has 6 nitrogen and oxygen atoms in total. The fourth-order valence-corrected chi connectivity index (χ4v) is 1.38. The second-order valence-electron chi connectivity index (χ2n) is 4.77. The molecule has 0 aromatic heterocycles. The highest BCUT2D eigenvalue weighted by Gasteiger charge is 2.09. The van der Waals surface area contributed by atoms with Crippen molar-refractivity contribution in [3.8, 4) is 0 Å². The van der Waals surface area contributed by atoms with Crippen LogP contribution in [0.1, 0.15) is 20.3 Å². The predicted octanol–water partition coefficient (Wildman–Crippen LogP) is 0.887. The molecule has 0 amide bonds. The fraction of sp³-hybridized carbons (Fsp3) is 0.933. The molecule has 6 heteroatoms. The normalized spacial score (nSPS) is 12.5. The highest BCUT2D eigenvalue weighted by atomic mass is 16.6. The zero-order chi connectivity index (χ0) is 15.8. The Kier molecular flexibility index (Phi) is 15.5. The van der Waals surface area contributed by atoms with Crippen LogP contribution in [0.2, 0.25) is 0 Å². The van der Waals surface area contributed by atoms with Crippen molar-refractivity contribution >= 4 is 5.78 Å². The van der Waals surface area contributed by atoms with Gasteiger partial charge in [-0.3, -0.25) is 4.79 Å². The summed E-state index contributed by atoms with van der Waals surface area (Å²) in [6.45, 7) is 8.81. The van der Waals surface area contributed by atoms with Crippen molar-refractivity contribution in [1.29, 1.82) is 0 Å². The minimum Gasteiger partial charge on any atom is -0.378 e. The SMILES string of the molecule is CCC(C)C(=O)COCCOCCOCCOCCNC. The van der Waals surface area contributed by atoms with E-state index >= 15 is 0 Å². The number of ketones is 1. The largest absolute Gasteiger partial charge is 0.378 e. The average Bonchev–Trinajstić information content (AvgIpc) is 2.50. The van der Waals surface area contributed by atoms with E-state index < -0.39 is 0 Å². The van der Waals surface area contributed by atoms with E-state index in [9.17, 15) is 4.79 Å². The third-order valence-corrected chi connectivity index (χ3v) is 3.02. The van der Waals surface area contributed by atoms with Crippen LogP contribution in [0.5, 0.6) is 0 Å². The quantitative estimate of drug-likeness (QED) is 0.427. The van der Waals surface area contributed by atoms with Crippen LogP contribution in [0.3, 0.4) is 0 Å². The Morgan fingerprint density at radius 3 is 1.86 bits per heavy atom. The number of ether oxygens (including phenoxy) is 4. The summed E-state index contributed by atoms with van der Waals surface area (Å²) in [6, 6.07) is 0. The summed E-state index contributed by atoms with van der Waals surface area (Å²) in [6.07, 6.45) is 0.856. The number of likely N-dealkylation sites (N-methyl/N-ethyl adjacent to an activating group) is 1. The minimum atomic E-state index is 0.0784. The first-order valence-corrected chi connectivity index (χ1v) is 7.70. The fourth-order valence-electron chi connectivity index (χ4n) is 1.38. The number of rotatable bonds is 16. The Morgan fingerprint density at radius 1 is 0.905 bits per heavy atom. The topological polar surface area (TPSA) is 66.0 Å². The molecule has 21 heavy (non-hydrogen) atoms. The maximum atomic E-state index is 11.5. The second-order valence-corrected chi connectivity index (χ2v) is 4.77. The van der Waals surface area contributed by atoms with Crippen LogP contribution >= 0.6 is 0 Å². The van der Waals surface area contributed by atoms with Crippen LogP contribution in [-0.4, -0.2) is 72.2 Å². The molecule has 1 N–H and O–H groups in total. The summed E-state index contributed by atoms with van der Waals surface area (Å²) in [5.41, 5.74) is 0. The van der Waals surface area contributed by atoms with E-state index in [1.54, 1.807) is 0 Å². The van der Waals surface area contributed by atoms with Gasteiger partial charge in [0.2, 0.25) is 0 Å². The summed E-state index contributed by atoms with van der Waals surface area (Å²) < 4.78 is 21.2. The summed E-state index contributed by atoms with van der Waals surface area (Å²) >= 11 is 0. The molecule has 0 aromatic carbocycles. The van der Waals surface area contributed by atoms with Gasteiger partial charge in [0.25, 0.3) is 0 Å². The molecular weight excluding hydrogens is 274 g/mol. The number of carbonyl (C=O) groups is 1. The molecule has 0 saturated carbocycles. The van der Waals surface area contributed by atoms with Gasteiger partial charge in [-0.25, -0.2) is 0 Å². The molecule has 0 spiro atoms. The van der Waals surface area contributed by atoms with E-state index in [2.05, 4.69) is 5.32 Å². The summed E-state index contributed by atoms with van der Waals surface area (Å²) in [5.74, 6) is 0.230. The lowest BCUT2D eigenvalue weighted by Gasteiger charge is -2.09. The van der Waals surface area contributed by atoms with Crippen molar-refractivity contribution in [3.63, 3.8) is 0 Å². The van der Waals surface area contributed by atoms with Crippen molar-refractivity contribution in [3.05, 3.63) is 0 Å². The van der Waals surface area contributed by atoms with E-state index in [1.807, 2.05) is 20.9 Å². The lowest BCUT2D eigenvalue weighted by Crippen LogP contribution is -2.19. The van der Waals surface area contributed by atoms with Crippen LogP contribution in [0.15, 0.2) is 0 Å². The smallest absolute Gasteiger partial charge is 0.161 e. The molecule has 126 valence electrons. The van der Waals surface area contributed by atoms with Crippen molar-refractivity contribution in [2.24, 2.45) is 5.92 Å². The second kappa shape index (κ2) is 15.9. The molecular formula is C15H31NO5. The van der Waals surface area contributed by atoms with E-state index in [1.165, 1.54) is 0 Å². The lowest BCUT2D eigenvalue weighted by atomic mass is 10.1. The molecule has 0 aromatic rings. The monoisotopic (exact) mass is 305 g/mol. The minimum absolute atomic E-state index is 0.0784. The van der Waals surface area contributed by atoms with Gasteiger partial charge in [0, 0.05) is 12.5 Å². The first-order valence-electron chi connectivity index (χ1n) is 7.70. The Labute approximate surface area is 128 Å². The zero-order valence-corrected chi connectivity index (χ0v) is 13.7. The Morgan fingerprint density at radius 2 is 1.38 bits per heavy atom. The molecule has 0 aliphatic rings. The zero-order valence-electron chi connectivity index (χ0n) is 13.7. The molecule has 0 heterocycles. The molecule has 1 atom stereocenters. The Bertz CT molecular complexity index is 238. The number of nitrogens with one attached hydrogen (secondary N) is 1. The van der Waals surface area contributed by atoms with Crippen LogP contribution in [0.25, 0.3) is 0 Å². The third kappa shape index (κ3) is 14.2. The van der Waals surface area contributed by atoms with E-state index in [0.717, 1.165) is 13.0 Å². The first-order chi connectivity index (χ1) is 10.2. The van der Waals surface area contributed by atoms with Crippen LogP contribution in [-0.2, 0) is 23.7 Å². The van der Waals surface area contributed by atoms with Gasteiger partial charge < -0.3 is 24.3 Å². The summed E-state index contributed by atoms with van der Waals surface area (Å²) in [5, 5.41) is 3.00. The molecule has 0 aliphatic heterocycles. The van der Waals surface area contributed by atoms with Gasteiger partial charge >= 0.3 is 0 Å². The molecule has 0 radical (unpaired) electrons. The van der Waals surface area contributed by atoms with E-state index in [-0.39, 0.29) is 18.3 Å². The Hall–Kier alpha value is -0.530. The van der Waals surface area contributed by atoms with E-state index in [4.69, 9.17) is 18.9 Å². The van der Waals surface area contributed by atoms with Crippen molar-refractivity contribution in [2.75, 3.05) is 66.4 Å². The summed E-state index contributed by atoms with van der Waals surface area (Å²) in [7, 11) is 1.89. The van der Waals surface area contributed by atoms with Crippen molar-refractivity contribution in [2.45, 2.75) is 20.3 Å². The van der Waals surface area contributed by atoms with Crippen LogP contribution < -0.4 is 5.32 Å². The number of hydrogen-bond donors (Lipinski definition) is 1. The molecule has 0 aliphatic carbocycles. The summed E-state index contributed by atoms with van der Waals surface area (Å²) in [4.78, 5) is 11.5. The van der Waals surface area contributed by atoms with Crippen LogP contribution in [0, 0.1) is 5.92 Å². The van der Waals surface area contributed by atoms with Gasteiger partial charge in [0.15, 0.2) is 5.78 Å². The maximum Gasteiger partial charge on any atom is 0.161 e. The molecule has 0 saturated heterocycles. The molecule has 1 unspecified atom stereocenters. The van der Waals surface area contributed by atoms with Gasteiger partial charge in [0.1, 0.15) is 6.61 Å². The van der Waals surface area contributed by atoms with Crippen molar-refractivity contribution in [1.82, 2.24) is 5.32 Å².